The number of ether oxygens (including phenoxy) is 2. The van der Waals surface area contributed by atoms with E-state index < -0.39 is 30.4 Å². The minimum absolute atomic E-state index is 0.0435. The molecule has 13 heteroatoms. The van der Waals surface area contributed by atoms with Gasteiger partial charge in [-0.05, 0) is 56.3 Å². The van der Waals surface area contributed by atoms with Gasteiger partial charge >= 0.3 is 24.3 Å². The fourth-order valence-corrected chi connectivity index (χ4v) is 3.94. The van der Waals surface area contributed by atoms with Crippen LogP contribution in [0.1, 0.15) is 13.8 Å². The lowest BCUT2D eigenvalue weighted by Crippen LogP contribution is -2.46. The number of carbonyl (C=O) groups is 2. The molecule has 0 bridgehead atoms. The summed E-state index contributed by atoms with van der Waals surface area (Å²) < 4.78 is 48.3. The number of H-pyrrole nitrogens is 1. The van der Waals surface area contributed by atoms with Crippen LogP contribution in [0.2, 0.25) is 0 Å². The molecule has 5 rings (SSSR count). The van der Waals surface area contributed by atoms with Crippen LogP contribution < -0.4 is 15.4 Å². The number of hydrogen-bond donors (Lipinski definition) is 3. The van der Waals surface area contributed by atoms with E-state index in [1.807, 2.05) is 42.5 Å². The smallest absolute Gasteiger partial charge is 0.446 e. The van der Waals surface area contributed by atoms with Crippen molar-refractivity contribution in [3.63, 3.8) is 0 Å². The maximum absolute atomic E-state index is 12.9. The highest BCUT2D eigenvalue weighted by atomic mass is 19.4. The number of fused-ring (bicyclic) bond motifs is 2. The molecule has 0 saturated carbocycles. The first-order chi connectivity index (χ1) is 19.6. The highest BCUT2D eigenvalue weighted by Gasteiger charge is 2.44. The van der Waals surface area contributed by atoms with Gasteiger partial charge in [-0.1, -0.05) is 24.3 Å². The average molecular weight is 565 g/mol. The van der Waals surface area contributed by atoms with Gasteiger partial charge in [-0.15, -0.1) is 0 Å². The second-order valence-corrected chi connectivity index (χ2v) is 9.25. The fourth-order valence-electron chi connectivity index (χ4n) is 3.94. The summed E-state index contributed by atoms with van der Waals surface area (Å²) in [5, 5.41) is 14.3. The number of esters is 1. The number of anilines is 2. The minimum atomic E-state index is -5.31. The van der Waals surface area contributed by atoms with Gasteiger partial charge in [-0.25, -0.2) is 14.8 Å². The standard InChI is InChI=1S/C28H23F3N6O4/c1-15(2)33-25(38)26(41-27(39)28(29,30)31)40-19-7-5-6-16(13-19)23-35-22-9-4-3-8-20(22)24(36-23)34-18-10-11-21-17(12-18)14-32-37-21/h3-15,26H,1-2H3,(H,32,37)(H,33,38)(H,34,35,36). The van der Waals surface area contributed by atoms with Gasteiger partial charge in [0.2, 0.25) is 0 Å². The summed E-state index contributed by atoms with van der Waals surface area (Å²) in [5.74, 6) is -2.87. The highest BCUT2D eigenvalue weighted by Crippen LogP contribution is 2.30. The van der Waals surface area contributed by atoms with E-state index in [0.29, 0.717) is 16.9 Å². The zero-order valence-electron chi connectivity index (χ0n) is 21.7. The average Bonchev–Trinajstić information content (AvgIpc) is 3.40. The summed E-state index contributed by atoms with van der Waals surface area (Å²) in [7, 11) is 0. The quantitative estimate of drug-likeness (QED) is 0.172. The topological polar surface area (TPSA) is 131 Å². The minimum Gasteiger partial charge on any atom is -0.446 e. The second-order valence-electron chi connectivity index (χ2n) is 9.25. The zero-order valence-corrected chi connectivity index (χ0v) is 21.7. The molecule has 1 unspecified atom stereocenters. The molecule has 10 nitrogen and oxygen atoms in total. The van der Waals surface area contributed by atoms with E-state index in [1.54, 1.807) is 32.2 Å². The molecule has 0 saturated heterocycles. The molecule has 5 aromatic rings. The van der Waals surface area contributed by atoms with E-state index in [0.717, 1.165) is 22.0 Å². The molecule has 0 aliphatic heterocycles. The van der Waals surface area contributed by atoms with Gasteiger partial charge < -0.3 is 20.1 Å². The predicted molar refractivity (Wildman–Crippen MR) is 144 cm³/mol. The number of rotatable bonds is 8. The van der Waals surface area contributed by atoms with E-state index >= 15 is 0 Å². The number of nitrogens with zero attached hydrogens (tertiary/aromatic N) is 3. The van der Waals surface area contributed by atoms with Crippen molar-refractivity contribution < 1.29 is 32.2 Å². The first kappa shape index (κ1) is 27.4. The van der Waals surface area contributed by atoms with E-state index in [1.165, 1.54) is 12.1 Å². The van der Waals surface area contributed by atoms with Gasteiger partial charge in [0, 0.05) is 28.1 Å². The highest BCUT2D eigenvalue weighted by molar-refractivity contribution is 5.93. The number of amides is 1. The van der Waals surface area contributed by atoms with E-state index in [-0.39, 0.29) is 11.6 Å². The third-order valence-corrected chi connectivity index (χ3v) is 5.73. The number of aromatic nitrogens is 4. The lowest BCUT2D eigenvalue weighted by atomic mass is 10.1. The number of aromatic amines is 1. The molecular formula is C28H23F3N6O4. The lowest BCUT2D eigenvalue weighted by molar-refractivity contribution is -0.216. The molecule has 210 valence electrons. The summed E-state index contributed by atoms with van der Waals surface area (Å²) >= 11 is 0. The molecular weight excluding hydrogens is 541 g/mol. The number of hydrogen-bond acceptors (Lipinski definition) is 8. The predicted octanol–water partition coefficient (Wildman–Crippen LogP) is 5.25. The Hall–Kier alpha value is -5.20. The van der Waals surface area contributed by atoms with Gasteiger partial charge in [-0.2, -0.15) is 18.3 Å². The van der Waals surface area contributed by atoms with Crippen LogP contribution in [0.3, 0.4) is 0 Å². The first-order valence-corrected chi connectivity index (χ1v) is 12.4. The number of alkyl halides is 3. The Labute approximate surface area is 230 Å². The van der Waals surface area contributed by atoms with E-state index in [2.05, 4.69) is 30.6 Å². The molecule has 1 atom stereocenters. The molecule has 3 N–H and O–H groups in total. The number of para-hydroxylation sites is 1. The van der Waals surface area contributed by atoms with Crippen LogP contribution in [0.5, 0.6) is 5.75 Å². The van der Waals surface area contributed by atoms with Gasteiger partial charge in [0.15, 0.2) is 5.82 Å². The normalized spacial score (nSPS) is 12.3. The molecule has 3 aromatic carbocycles. The maximum atomic E-state index is 12.9. The van der Waals surface area contributed by atoms with E-state index in [4.69, 9.17) is 9.72 Å². The molecule has 0 radical (unpaired) electrons. The third-order valence-electron chi connectivity index (χ3n) is 5.73. The molecule has 0 aliphatic carbocycles. The molecule has 0 spiro atoms. The summed E-state index contributed by atoms with van der Waals surface area (Å²) in [6, 6.07) is 18.6. The van der Waals surface area contributed by atoms with Crippen LogP contribution in [0.25, 0.3) is 33.2 Å². The van der Waals surface area contributed by atoms with Crippen molar-refractivity contribution >= 4 is 45.2 Å². The summed E-state index contributed by atoms with van der Waals surface area (Å²) in [6.07, 6.45) is -5.79. The molecule has 41 heavy (non-hydrogen) atoms. The van der Waals surface area contributed by atoms with Crippen LogP contribution in [0.15, 0.2) is 72.9 Å². The van der Waals surface area contributed by atoms with Crippen molar-refractivity contribution in [2.45, 2.75) is 32.4 Å². The Morgan fingerprint density at radius 3 is 2.56 bits per heavy atom. The van der Waals surface area contributed by atoms with Crippen LogP contribution in [0.4, 0.5) is 24.7 Å². The number of carbonyl (C=O) groups excluding carboxylic acids is 2. The van der Waals surface area contributed by atoms with E-state index in [9.17, 15) is 22.8 Å². The molecule has 0 aliphatic rings. The lowest BCUT2D eigenvalue weighted by Gasteiger charge is -2.21. The monoisotopic (exact) mass is 564 g/mol. The summed E-state index contributed by atoms with van der Waals surface area (Å²) in [4.78, 5) is 33.3. The van der Waals surface area contributed by atoms with Gasteiger partial charge in [0.25, 0.3) is 0 Å². The Kier molecular flexibility index (Phi) is 7.42. The Morgan fingerprint density at radius 2 is 1.78 bits per heavy atom. The van der Waals surface area contributed by atoms with Crippen LogP contribution in [-0.2, 0) is 14.3 Å². The molecule has 1 amide bonds. The first-order valence-electron chi connectivity index (χ1n) is 12.4. The van der Waals surface area contributed by atoms with Crippen molar-refractivity contribution in [2.24, 2.45) is 0 Å². The largest absolute Gasteiger partial charge is 0.491 e. The van der Waals surface area contributed by atoms with Crippen LogP contribution in [0, 0.1) is 0 Å². The van der Waals surface area contributed by atoms with Gasteiger partial charge in [-0.3, -0.25) is 9.89 Å². The Bertz CT molecular complexity index is 1740. The summed E-state index contributed by atoms with van der Waals surface area (Å²) in [6.45, 7) is 3.19. The molecule has 2 heterocycles. The number of halogens is 3. The second kappa shape index (κ2) is 11.1. The SMILES string of the molecule is CC(C)NC(=O)C(OC(=O)C(F)(F)F)Oc1cccc(-c2nc(Nc3ccc4[nH]ncc4c3)c3ccccc3n2)c1. The van der Waals surface area contributed by atoms with Gasteiger partial charge in [0.05, 0.1) is 17.2 Å². The van der Waals surface area contributed by atoms with Crippen LogP contribution >= 0.6 is 0 Å². The molecule has 2 aromatic heterocycles. The van der Waals surface area contributed by atoms with Crippen molar-refractivity contribution in [3.8, 4) is 17.1 Å². The maximum Gasteiger partial charge on any atom is 0.491 e. The molecule has 0 fully saturated rings. The van der Waals surface area contributed by atoms with Crippen molar-refractivity contribution in [2.75, 3.05) is 5.32 Å². The van der Waals surface area contributed by atoms with Gasteiger partial charge in [0.1, 0.15) is 11.6 Å². The fraction of sp³-hybridized carbons (Fsp3) is 0.179. The van der Waals surface area contributed by atoms with Crippen molar-refractivity contribution in [1.82, 2.24) is 25.5 Å². The Balaban J connectivity index is 1.47. The Morgan fingerprint density at radius 1 is 0.976 bits per heavy atom. The summed E-state index contributed by atoms with van der Waals surface area (Å²) in [5.41, 5.74) is 2.70. The number of nitrogens with one attached hydrogen (secondary N) is 3. The van der Waals surface area contributed by atoms with Crippen molar-refractivity contribution in [3.05, 3.63) is 72.9 Å². The number of benzene rings is 3. The third kappa shape index (κ3) is 6.35. The van der Waals surface area contributed by atoms with Crippen molar-refractivity contribution in [1.29, 1.82) is 0 Å². The zero-order chi connectivity index (χ0) is 29.1. The van der Waals surface area contributed by atoms with Crippen LogP contribution in [-0.4, -0.2) is 50.5 Å².